The fourth-order valence-electron chi connectivity index (χ4n) is 1.44. The van der Waals surface area contributed by atoms with Crippen molar-refractivity contribution < 1.29 is 4.39 Å². The molecule has 0 fully saturated rings. The number of halogens is 1. The van der Waals surface area contributed by atoms with Crippen molar-refractivity contribution >= 4 is 16.9 Å². The van der Waals surface area contributed by atoms with Crippen LogP contribution in [0.3, 0.4) is 0 Å². The molecule has 0 unspecified atom stereocenters. The van der Waals surface area contributed by atoms with Crippen molar-refractivity contribution in [1.29, 1.82) is 0 Å². The number of hydrogen-bond donors (Lipinski definition) is 1. The summed E-state index contributed by atoms with van der Waals surface area (Å²) in [4.78, 5) is 7.81. The second-order valence-corrected chi connectivity index (χ2v) is 3.42. The first kappa shape index (κ1) is 8.93. The number of anilines is 1. The van der Waals surface area contributed by atoms with E-state index in [1.807, 2.05) is 13.8 Å². The molecule has 14 heavy (non-hydrogen) atoms. The molecule has 0 aliphatic carbocycles. The lowest BCUT2D eigenvalue weighted by atomic mass is 10.3. The van der Waals surface area contributed by atoms with Crippen LogP contribution in [0, 0.1) is 6.08 Å². The van der Waals surface area contributed by atoms with Gasteiger partial charge < -0.3 is 5.73 Å². The number of imidazole rings is 1. The molecule has 2 heterocycles. The predicted molar refractivity (Wildman–Crippen MR) is 52.3 cm³/mol. The van der Waals surface area contributed by atoms with E-state index >= 15 is 0 Å². The Hall–Kier alpha value is -1.65. The molecule has 0 aliphatic heterocycles. The number of rotatable bonds is 1. The van der Waals surface area contributed by atoms with Gasteiger partial charge in [-0.2, -0.15) is 9.37 Å². The molecule has 74 valence electrons. The normalized spacial score (nSPS) is 11.4. The van der Waals surface area contributed by atoms with Crippen molar-refractivity contribution in [2.45, 2.75) is 19.9 Å². The third-order valence-corrected chi connectivity index (χ3v) is 2.08. The Kier molecular flexibility index (Phi) is 1.87. The van der Waals surface area contributed by atoms with Crippen LogP contribution >= 0.6 is 0 Å². The average Bonchev–Trinajstić information content (AvgIpc) is 2.42. The van der Waals surface area contributed by atoms with Gasteiger partial charge in [-0.15, -0.1) is 0 Å². The minimum Gasteiger partial charge on any atom is -0.397 e. The molecule has 0 spiro atoms. The van der Waals surface area contributed by atoms with Gasteiger partial charge in [0.05, 0.1) is 5.69 Å². The molecular formula is C9H11FN4. The standard InChI is InChI=1S/C9H11FN4/c1-5(2)14-8-7(13-9(14)10)6(11)3-4-12-8/h3-5H,1-2H3,(H2,11,12). The molecule has 2 aromatic heterocycles. The number of nitrogens with zero attached hydrogens (tertiary/aromatic N) is 3. The van der Waals surface area contributed by atoms with Gasteiger partial charge in [0.1, 0.15) is 5.52 Å². The van der Waals surface area contributed by atoms with E-state index in [4.69, 9.17) is 5.73 Å². The lowest BCUT2D eigenvalue weighted by Gasteiger charge is -2.07. The summed E-state index contributed by atoms with van der Waals surface area (Å²) in [5.74, 6) is 0. The lowest BCUT2D eigenvalue weighted by molar-refractivity contribution is 0.442. The van der Waals surface area contributed by atoms with Crippen LogP contribution in [-0.4, -0.2) is 14.5 Å². The third kappa shape index (κ3) is 1.13. The Morgan fingerprint density at radius 2 is 2.21 bits per heavy atom. The van der Waals surface area contributed by atoms with Gasteiger partial charge in [-0.3, -0.25) is 4.57 Å². The summed E-state index contributed by atoms with van der Waals surface area (Å²) in [6.45, 7) is 3.74. The number of nitrogens with two attached hydrogens (primary N) is 1. The summed E-state index contributed by atoms with van der Waals surface area (Å²) < 4.78 is 14.8. The average molecular weight is 194 g/mol. The fraction of sp³-hybridized carbons (Fsp3) is 0.333. The molecule has 0 aromatic carbocycles. The van der Waals surface area contributed by atoms with Crippen LogP contribution in [0.2, 0.25) is 0 Å². The molecule has 0 radical (unpaired) electrons. The smallest absolute Gasteiger partial charge is 0.291 e. The first-order valence-corrected chi connectivity index (χ1v) is 4.39. The maximum absolute atomic E-state index is 13.4. The molecule has 2 aromatic rings. The largest absolute Gasteiger partial charge is 0.397 e. The maximum atomic E-state index is 13.4. The molecule has 5 heteroatoms. The third-order valence-electron chi connectivity index (χ3n) is 2.08. The number of fused-ring (bicyclic) bond motifs is 1. The minimum atomic E-state index is -0.541. The topological polar surface area (TPSA) is 56.7 Å². The quantitative estimate of drug-likeness (QED) is 0.752. The maximum Gasteiger partial charge on any atom is 0.291 e. The van der Waals surface area contributed by atoms with Crippen molar-refractivity contribution in [2.24, 2.45) is 0 Å². The molecular weight excluding hydrogens is 183 g/mol. The van der Waals surface area contributed by atoms with Crippen LogP contribution in [0.25, 0.3) is 11.2 Å². The Labute approximate surface area is 80.6 Å². The van der Waals surface area contributed by atoms with Crippen molar-refractivity contribution in [3.63, 3.8) is 0 Å². The van der Waals surface area contributed by atoms with E-state index in [2.05, 4.69) is 9.97 Å². The molecule has 0 saturated carbocycles. The van der Waals surface area contributed by atoms with Gasteiger partial charge in [0.2, 0.25) is 0 Å². The number of aromatic nitrogens is 3. The summed E-state index contributed by atoms with van der Waals surface area (Å²) in [7, 11) is 0. The van der Waals surface area contributed by atoms with Crippen molar-refractivity contribution in [3.05, 3.63) is 18.3 Å². The minimum absolute atomic E-state index is 0.0192. The molecule has 0 atom stereocenters. The predicted octanol–water partition coefficient (Wildman–Crippen LogP) is 1.73. The van der Waals surface area contributed by atoms with Crippen LogP contribution in [0.15, 0.2) is 12.3 Å². The summed E-state index contributed by atoms with van der Waals surface area (Å²) in [5, 5.41) is 0. The summed E-state index contributed by atoms with van der Waals surface area (Å²) in [6, 6.07) is 1.59. The monoisotopic (exact) mass is 194 g/mol. The number of nitrogen functional groups attached to an aromatic ring is 1. The van der Waals surface area contributed by atoms with Gasteiger partial charge in [-0.05, 0) is 19.9 Å². The Morgan fingerprint density at radius 3 is 2.86 bits per heavy atom. The van der Waals surface area contributed by atoms with Gasteiger partial charge in [0.15, 0.2) is 5.65 Å². The number of pyridine rings is 1. The van der Waals surface area contributed by atoms with Crippen molar-refractivity contribution in [3.8, 4) is 0 Å². The molecule has 0 saturated heterocycles. The highest BCUT2D eigenvalue weighted by Crippen LogP contribution is 2.21. The molecule has 0 bridgehead atoms. The fourth-order valence-corrected chi connectivity index (χ4v) is 1.44. The Balaban J connectivity index is 2.83. The van der Waals surface area contributed by atoms with E-state index in [0.29, 0.717) is 16.9 Å². The summed E-state index contributed by atoms with van der Waals surface area (Å²) in [6.07, 6.45) is 1.01. The van der Waals surface area contributed by atoms with Crippen molar-refractivity contribution in [1.82, 2.24) is 14.5 Å². The van der Waals surface area contributed by atoms with Crippen LogP contribution in [0.5, 0.6) is 0 Å². The first-order chi connectivity index (χ1) is 6.61. The second kappa shape index (κ2) is 2.94. The zero-order valence-electron chi connectivity index (χ0n) is 8.03. The van der Waals surface area contributed by atoms with Crippen LogP contribution in [0.1, 0.15) is 19.9 Å². The number of hydrogen-bond acceptors (Lipinski definition) is 3. The molecule has 4 nitrogen and oxygen atoms in total. The lowest BCUT2D eigenvalue weighted by Crippen LogP contribution is -2.04. The van der Waals surface area contributed by atoms with Crippen LogP contribution in [0.4, 0.5) is 10.1 Å². The van der Waals surface area contributed by atoms with Gasteiger partial charge in [0, 0.05) is 12.2 Å². The van der Waals surface area contributed by atoms with Gasteiger partial charge in [0.25, 0.3) is 6.08 Å². The zero-order chi connectivity index (χ0) is 10.3. The van der Waals surface area contributed by atoms with Gasteiger partial charge in [-0.1, -0.05) is 0 Å². The Bertz CT molecular complexity index is 475. The van der Waals surface area contributed by atoms with Crippen LogP contribution < -0.4 is 5.73 Å². The second-order valence-electron chi connectivity index (χ2n) is 3.42. The van der Waals surface area contributed by atoms with E-state index in [9.17, 15) is 4.39 Å². The Morgan fingerprint density at radius 1 is 1.50 bits per heavy atom. The van der Waals surface area contributed by atoms with Crippen molar-refractivity contribution in [2.75, 3.05) is 5.73 Å². The summed E-state index contributed by atoms with van der Waals surface area (Å²) >= 11 is 0. The van der Waals surface area contributed by atoms with Gasteiger partial charge >= 0.3 is 0 Å². The van der Waals surface area contributed by atoms with Gasteiger partial charge in [-0.25, -0.2) is 4.98 Å². The molecule has 2 N–H and O–H groups in total. The molecule has 2 rings (SSSR count). The highest BCUT2D eigenvalue weighted by molar-refractivity contribution is 5.83. The van der Waals surface area contributed by atoms with E-state index in [0.717, 1.165) is 0 Å². The molecule has 0 amide bonds. The molecule has 0 aliphatic rings. The highest BCUT2D eigenvalue weighted by atomic mass is 19.1. The van der Waals surface area contributed by atoms with Crippen LogP contribution in [-0.2, 0) is 0 Å². The van der Waals surface area contributed by atoms with E-state index in [1.54, 1.807) is 12.3 Å². The summed E-state index contributed by atoms with van der Waals surface area (Å²) in [5.41, 5.74) is 7.04. The van der Waals surface area contributed by atoms with E-state index in [-0.39, 0.29) is 6.04 Å². The SMILES string of the molecule is CC(C)n1c(F)nc2c(N)ccnc21. The zero-order valence-corrected chi connectivity index (χ0v) is 8.03. The first-order valence-electron chi connectivity index (χ1n) is 4.39. The van der Waals surface area contributed by atoms with E-state index < -0.39 is 6.08 Å². The van der Waals surface area contributed by atoms with E-state index in [1.165, 1.54) is 4.57 Å². The highest BCUT2D eigenvalue weighted by Gasteiger charge is 2.15.